The average Bonchev–Trinajstić information content (AvgIpc) is 3.20. The van der Waals surface area contributed by atoms with Gasteiger partial charge in [0.25, 0.3) is 11.8 Å². The van der Waals surface area contributed by atoms with Gasteiger partial charge in [-0.25, -0.2) is 0 Å². The van der Waals surface area contributed by atoms with E-state index in [2.05, 4.69) is 10.6 Å². The van der Waals surface area contributed by atoms with Gasteiger partial charge in [0.1, 0.15) is 11.5 Å². The number of hydrogen-bond donors (Lipinski definition) is 4. The lowest BCUT2D eigenvalue weighted by atomic mass is 9.94. The molecule has 2 amide bonds. The van der Waals surface area contributed by atoms with Crippen molar-refractivity contribution in [2.75, 3.05) is 22.1 Å². The number of amides is 2. The van der Waals surface area contributed by atoms with Crippen LogP contribution in [0.15, 0.2) is 109 Å². The van der Waals surface area contributed by atoms with E-state index in [1.807, 2.05) is 126 Å². The molecule has 5 aromatic rings. The van der Waals surface area contributed by atoms with Gasteiger partial charge >= 0.3 is 18.1 Å². The fourth-order valence-electron chi connectivity index (χ4n) is 6.78. The van der Waals surface area contributed by atoms with Crippen LogP contribution in [-0.4, -0.2) is 66.5 Å². The van der Waals surface area contributed by atoms with E-state index in [4.69, 9.17) is 46.9 Å². The van der Waals surface area contributed by atoms with Crippen LogP contribution in [0, 0.1) is 0 Å². The van der Waals surface area contributed by atoms with Crippen molar-refractivity contribution in [3.63, 3.8) is 0 Å². The van der Waals surface area contributed by atoms with E-state index in [-0.39, 0.29) is 36.6 Å². The summed E-state index contributed by atoms with van der Waals surface area (Å²) in [6.45, 7) is 22.7. The topological polar surface area (TPSA) is 184 Å². The largest absolute Gasteiger partial charge is 0.750 e. The van der Waals surface area contributed by atoms with Crippen LogP contribution in [0.5, 0.6) is 11.5 Å². The first-order valence-corrected chi connectivity index (χ1v) is 25.6. The highest BCUT2D eigenvalue weighted by Crippen LogP contribution is 2.45. The Labute approximate surface area is 392 Å². The number of benzene rings is 5. The van der Waals surface area contributed by atoms with Crippen molar-refractivity contribution < 1.29 is 45.0 Å². The quantitative estimate of drug-likeness (QED) is 0.0381. The minimum absolute atomic E-state index is 0.321. The first-order valence-electron chi connectivity index (χ1n) is 22.3. The summed E-state index contributed by atoms with van der Waals surface area (Å²) in [5, 5.41) is 6.24. The normalized spacial score (nSPS) is 12.2. The minimum Gasteiger partial charge on any atom is -0.479 e. The lowest BCUT2D eigenvalue weighted by Crippen LogP contribution is -2.56. The zero-order chi connectivity index (χ0) is 48.3. The first kappa shape index (κ1) is 51.4. The molecule has 0 bridgehead atoms. The number of carbonyl (C=O) groups is 2. The number of nitrogens with one attached hydrogen (secondary N) is 2. The molecule has 0 aliphatic heterocycles. The highest BCUT2D eigenvalue weighted by molar-refractivity contribution is 6.55. The Balaban J connectivity index is 1.84. The SMILES string of the molecule is CC(C)O[Si](Oc1ccccc1-c1cc(-c2ccccc2O[Si](OC(C)C)(OC(C)C)OC(C)C)c(NC(=O)c2ccc(N)cc2)cc1NC(=O)c1ccc(N)cc1)(OC(C)C)OC(C)C. The molecule has 16 heteroatoms. The molecule has 0 aliphatic rings. The third-order valence-electron chi connectivity index (χ3n) is 9.10. The lowest BCUT2D eigenvalue weighted by molar-refractivity contribution is -0.0476. The number of nitrogens with two attached hydrogens (primary N) is 2. The van der Waals surface area contributed by atoms with Crippen LogP contribution in [0.1, 0.15) is 104 Å². The fourth-order valence-corrected chi connectivity index (χ4v) is 11.8. The Bertz CT molecular complexity index is 2180. The van der Waals surface area contributed by atoms with Crippen LogP contribution >= 0.6 is 0 Å². The summed E-state index contributed by atoms with van der Waals surface area (Å²) in [5.74, 6) is -0.150. The molecule has 0 heterocycles. The molecular formula is C50H66N4O10Si2. The van der Waals surface area contributed by atoms with Gasteiger partial charge in [-0.1, -0.05) is 36.4 Å². The van der Waals surface area contributed by atoms with Gasteiger partial charge in [0, 0.05) is 81.4 Å². The van der Waals surface area contributed by atoms with Crippen LogP contribution in [0.4, 0.5) is 22.7 Å². The molecule has 0 aliphatic carbocycles. The molecule has 5 aromatic carbocycles. The maximum atomic E-state index is 14.2. The molecule has 0 spiro atoms. The van der Waals surface area contributed by atoms with Crippen molar-refractivity contribution >= 4 is 52.7 Å². The Morgan fingerprint density at radius 3 is 0.985 bits per heavy atom. The monoisotopic (exact) mass is 938 g/mol. The van der Waals surface area contributed by atoms with Crippen LogP contribution in [-0.2, 0) is 26.6 Å². The van der Waals surface area contributed by atoms with Crippen molar-refractivity contribution in [3.05, 3.63) is 120 Å². The van der Waals surface area contributed by atoms with Crippen LogP contribution in [0.2, 0.25) is 0 Å². The molecule has 0 saturated heterocycles. The second kappa shape index (κ2) is 22.8. The predicted octanol–water partition coefficient (Wildman–Crippen LogP) is 10.9. The summed E-state index contributed by atoms with van der Waals surface area (Å²) in [6.07, 6.45) is -1.93. The maximum absolute atomic E-state index is 14.2. The molecular weight excluding hydrogens is 873 g/mol. The van der Waals surface area contributed by atoms with Gasteiger partial charge in [-0.2, -0.15) is 0 Å². The number of hydrogen-bond acceptors (Lipinski definition) is 12. The Morgan fingerprint density at radius 2 is 0.697 bits per heavy atom. The fraction of sp³-hybridized carbons (Fsp3) is 0.360. The van der Waals surface area contributed by atoms with Crippen molar-refractivity contribution in [1.29, 1.82) is 0 Å². The molecule has 0 atom stereocenters. The van der Waals surface area contributed by atoms with Crippen LogP contribution < -0.4 is 31.0 Å². The van der Waals surface area contributed by atoms with E-state index in [0.717, 1.165) is 0 Å². The number of para-hydroxylation sites is 2. The Morgan fingerprint density at radius 1 is 0.409 bits per heavy atom. The molecule has 0 fully saturated rings. The van der Waals surface area contributed by atoms with Crippen molar-refractivity contribution in [2.45, 2.75) is 120 Å². The lowest BCUT2D eigenvalue weighted by Gasteiger charge is -2.33. The second-order valence-corrected chi connectivity index (χ2v) is 21.1. The molecule has 66 heavy (non-hydrogen) atoms. The summed E-state index contributed by atoms with van der Waals surface area (Å²) >= 11 is 0. The molecule has 0 unspecified atom stereocenters. The maximum Gasteiger partial charge on any atom is 0.750 e. The number of nitrogen functional groups attached to an aromatic ring is 2. The zero-order valence-corrected chi connectivity index (χ0v) is 42.1. The van der Waals surface area contributed by atoms with Crippen molar-refractivity contribution in [2.24, 2.45) is 0 Å². The van der Waals surface area contributed by atoms with Gasteiger partial charge in [0.15, 0.2) is 0 Å². The number of anilines is 4. The molecule has 5 rings (SSSR count). The third kappa shape index (κ3) is 14.2. The summed E-state index contributed by atoms with van der Waals surface area (Å²) in [7, 11) is -7.90. The predicted molar refractivity (Wildman–Crippen MR) is 265 cm³/mol. The highest BCUT2D eigenvalue weighted by atomic mass is 28.4. The van der Waals surface area contributed by atoms with E-state index < -0.39 is 29.9 Å². The molecule has 0 saturated carbocycles. The summed E-state index contributed by atoms with van der Waals surface area (Å²) in [6, 6.07) is 31.4. The van der Waals surface area contributed by atoms with Crippen molar-refractivity contribution in [3.8, 4) is 33.8 Å². The average molecular weight is 939 g/mol. The summed E-state index contributed by atoms with van der Waals surface area (Å²) in [4.78, 5) is 28.4. The molecule has 6 N–H and O–H groups in total. The van der Waals surface area contributed by atoms with Crippen molar-refractivity contribution in [1.82, 2.24) is 0 Å². The van der Waals surface area contributed by atoms with E-state index in [0.29, 0.717) is 67.6 Å². The minimum atomic E-state index is -3.95. The van der Waals surface area contributed by atoms with Gasteiger partial charge < -0.3 is 57.5 Å². The molecule has 14 nitrogen and oxygen atoms in total. The second-order valence-electron chi connectivity index (χ2n) is 17.3. The van der Waals surface area contributed by atoms with Gasteiger partial charge in [-0.3, -0.25) is 9.59 Å². The van der Waals surface area contributed by atoms with E-state index in [9.17, 15) is 9.59 Å². The Hall–Kier alpha value is -5.57. The smallest absolute Gasteiger partial charge is 0.479 e. The number of carbonyl (C=O) groups excluding carboxylic acids is 2. The first-order chi connectivity index (χ1) is 31.2. The van der Waals surface area contributed by atoms with Gasteiger partial charge in [0.05, 0.1) is 11.4 Å². The zero-order valence-electron chi connectivity index (χ0n) is 40.1. The molecule has 354 valence electrons. The standard InChI is InChI=1S/C50H66N4O10Si2/c1-31(2)57-65(58-32(3)4,59-33(5)6)63-47-19-15-13-17-41(47)43-29-44(42-18-14-16-20-48(42)64-66(60-34(7)8,61-35(9)10)62-36(11)12)46(54-50(56)38-23-27-40(52)28-24-38)30-45(43)53-49(55)37-21-25-39(51)26-22-37/h13-36H,51-52H2,1-12H3,(H,53,55)(H,54,56). The van der Waals surface area contributed by atoms with Crippen LogP contribution in [0.3, 0.4) is 0 Å². The van der Waals surface area contributed by atoms with Gasteiger partial charge in [0.2, 0.25) is 0 Å². The van der Waals surface area contributed by atoms with Gasteiger partial charge in [-0.05, 0) is 156 Å². The molecule has 0 aromatic heterocycles. The van der Waals surface area contributed by atoms with Crippen LogP contribution in [0.25, 0.3) is 22.3 Å². The summed E-state index contributed by atoms with van der Waals surface area (Å²) < 4.78 is 52.5. The van der Waals surface area contributed by atoms with E-state index in [1.165, 1.54) is 0 Å². The third-order valence-corrected chi connectivity index (χ3v) is 14.6. The highest BCUT2D eigenvalue weighted by Gasteiger charge is 2.53. The number of rotatable bonds is 22. The Kier molecular flexibility index (Phi) is 17.7. The van der Waals surface area contributed by atoms with E-state index in [1.54, 1.807) is 66.7 Å². The van der Waals surface area contributed by atoms with E-state index >= 15 is 0 Å². The molecule has 0 radical (unpaired) electrons. The van der Waals surface area contributed by atoms with Gasteiger partial charge in [-0.15, -0.1) is 0 Å². The summed E-state index contributed by atoms with van der Waals surface area (Å²) in [5.41, 5.74) is 16.5.